The Kier molecular flexibility index (Phi) is 15.9. The molecule has 0 rings (SSSR count). The van der Waals surface area contributed by atoms with E-state index in [4.69, 9.17) is 11.5 Å². The second-order valence-electron chi connectivity index (χ2n) is 6.38. The van der Waals surface area contributed by atoms with Gasteiger partial charge < -0.3 is 11.5 Å². The number of carbonyl (C=O) groups excluding carboxylic acids is 2. The molecule has 142 valence electrons. The maximum atomic E-state index is 11.6. The molecule has 0 heterocycles. The molecule has 0 fully saturated rings. The van der Waals surface area contributed by atoms with Gasteiger partial charge in [0.25, 0.3) is 0 Å². The first-order valence-electron chi connectivity index (χ1n) is 9.43. The van der Waals surface area contributed by atoms with E-state index in [-0.39, 0.29) is 22.3 Å². The highest BCUT2D eigenvalue weighted by Gasteiger charge is 2.22. The van der Waals surface area contributed by atoms with Crippen LogP contribution >= 0.6 is 21.6 Å². The molecule has 0 aliphatic heterocycles. The Labute approximate surface area is 156 Å². The minimum Gasteiger partial charge on any atom is -0.369 e. The van der Waals surface area contributed by atoms with Gasteiger partial charge in [-0.25, -0.2) is 0 Å². The lowest BCUT2D eigenvalue weighted by molar-refractivity contribution is -0.118. The highest BCUT2D eigenvalue weighted by atomic mass is 33.1. The molecular weight excluding hydrogens is 340 g/mol. The molecule has 0 aliphatic rings. The molecule has 0 radical (unpaired) electrons. The average molecular weight is 377 g/mol. The Morgan fingerprint density at radius 1 is 0.667 bits per heavy atom. The lowest BCUT2D eigenvalue weighted by Crippen LogP contribution is -2.28. The van der Waals surface area contributed by atoms with Crippen LogP contribution in [0.2, 0.25) is 0 Å². The van der Waals surface area contributed by atoms with Crippen LogP contribution in [0.25, 0.3) is 0 Å². The van der Waals surface area contributed by atoms with Gasteiger partial charge >= 0.3 is 0 Å². The van der Waals surface area contributed by atoms with Crippen LogP contribution in [0.5, 0.6) is 0 Å². The smallest absolute Gasteiger partial charge is 0.231 e. The van der Waals surface area contributed by atoms with Crippen LogP contribution in [0, 0.1) is 0 Å². The van der Waals surface area contributed by atoms with Crippen LogP contribution in [0.3, 0.4) is 0 Å². The summed E-state index contributed by atoms with van der Waals surface area (Å²) in [4.78, 5) is 23.2. The number of unbranched alkanes of at least 4 members (excludes halogenated alkanes) is 8. The minimum absolute atomic E-state index is 0.224. The SMILES string of the molecule is CCCCCCCC(SSC(CCCCCCC)C(N)=O)C(N)=O. The van der Waals surface area contributed by atoms with Gasteiger partial charge in [0.2, 0.25) is 11.8 Å². The second-order valence-corrected chi connectivity index (χ2v) is 9.06. The van der Waals surface area contributed by atoms with Crippen molar-refractivity contribution in [3.05, 3.63) is 0 Å². The van der Waals surface area contributed by atoms with E-state index in [0.717, 1.165) is 38.5 Å². The third kappa shape index (κ3) is 13.0. The first-order valence-corrected chi connectivity index (χ1v) is 11.7. The van der Waals surface area contributed by atoms with E-state index in [1.54, 1.807) is 0 Å². The van der Waals surface area contributed by atoms with E-state index < -0.39 is 0 Å². The van der Waals surface area contributed by atoms with Gasteiger partial charge in [-0.15, -0.1) is 0 Å². The van der Waals surface area contributed by atoms with Crippen LogP contribution in [0.15, 0.2) is 0 Å². The standard InChI is InChI=1S/C18H36N2O2S2/c1-3-5-7-9-11-13-15(17(19)21)23-24-16(18(20)22)14-12-10-8-6-4-2/h15-16H,3-14H2,1-2H3,(H2,19,21)(H2,20,22). The van der Waals surface area contributed by atoms with Crippen LogP contribution in [0.1, 0.15) is 90.9 Å². The van der Waals surface area contributed by atoms with Gasteiger partial charge in [-0.3, -0.25) is 9.59 Å². The maximum Gasteiger partial charge on any atom is 0.231 e. The maximum absolute atomic E-state index is 11.6. The molecule has 2 unspecified atom stereocenters. The van der Waals surface area contributed by atoms with Gasteiger partial charge in [0, 0.05) is 0 Å². The Bertz CT molecular complexity index is 309. The Morgan fingerprint density at radius 2 is 1.00 bits per heavy atom. The molecule has 0 saturated carbocycles. The molecule has 24 heavy (non-hydrogen) atoms. The molecule has 0 bridgehead atoms. The lowest BCUT2D eigenvalue weighted by Gasteiger charge is -2.16. The van der Waals surface area contributed by atoms with Crippen LogP contribution in [-0.2, 0) is 9.59 Å². The number of hydrogen-bond donors (Lipinski definition) is 2. The first-order chi connectivity index (χ1) is 11.5. The molecule has 0 aromatic carbocycles. The van der Waals surface area contributed by atoms with Crippen molar-refractivity contribution in [2.24, 2.45) is 11.5 Å². The monoisotopic (exact) mass is 376 g/mol. The highest BCUT2D eigenvalue weighted by Crippen LogP contribution is 2.35. The Balaban J connectivity index is 4.10. The predicted molar refractivity (Wildman–Crippen MR) is 108 cm³/mol. The number of amides is 2. The van der Waals surface area contributed by atoms with Crippen LogP contribution in [0.4, 0.5) is 0 Å². The van der Waals surface area contributed by atoms with Gasteiger partial charge in [-0.05, 0) is 12.8 Å². The summed E-state index contributed by atoms with van der Waals surface area (Å²) >= 11 is 0. The van der Waals surface area contributed by atoms with Gasteiger partial charge in [0.15, 0.2) is 0 Å². The molecule has 0 aromatic rings. The van der Waals surface area contributed by atoms with Gasteiger partial charge in [0.1, 0.15) is 0 Å². The normalized spacial score (nSPS) is 13.6. The fourth-order valence-corrected chi connectivity index (χ4v) is 5.41. The fraction of sp³-hybridized carbons (Fsp3) is 0.889. The van der Waals surface area contributed by atoms with E-state index >= 15 is 0 Å². The summed E-state index contributed by atoms with van der Waals surface area (Å²) in [6, 6.07) is 0. The predicted octanol–water partition coefficient (Wildman–Crippen LogP) is 4.80. The van der Waals surface area contributed by atoms with Crippen molar-refractivity contribution in [1.29, 1.82) is 0 Å². The molecule has 4 nitrogen and oxygen atoms in total. The average Bonchev–Trinajstić information content (AvgIpc) is 2.54. The summed E-state index contributed by atoms with van der Waals surface area (Å²) in [7, 11) is 2.88. The van der Waals surface area contributed by atoms with Gasteiger partial charge in [-0.1, -0.05) is 99.6 Å². The highest BCUT2D eigenvalue weighted by molar-refractivity contribution is 8.77. The van der Waals surface area contributed by atoms with Crippen molar-refractivity contribution in [2.45, 2.75) is 101 Å². The van der Waals surface area contributed by atoms with E-state index in [1.165, 1.54) is 60.1 Å². The minimum atomic E-state index is -0.283. The Morgan fingerprint density at radius 3 is 1.29 bits per heavy atom. The summed E-state index contributed by atoms with van der Waals surface area (Å²) in [5.41, 5.74) is 11.0. The largest absolute Gasteiger partial charge is 0.369 e. The quantitative estimate of drug-likeness (QED) is 0.282. The van der Waals surface area contributed by atoms with E-state index in [2.05, 4.69) is 13.8 Å². The topological polar surface area (TPSA) is 86.2 Å². The first kappa shape index (κ1) is 23.6. The number of primary amides is 2. The summed E-state index contributed by atoms with van der Waals surface area (Å²) in [5, 5.41) is -0.447. The molecule has 0 aromatic heterocycles. The fourth-order valence-electron chi connectivity index (χ4n) is 2.48. The van der Waals surface area contributed by atoms with Crippen molar-refractivity contribution in [2.75, 3.05) is 0 Å². The molecule has 4 N–H and O–H groups in total. The molecule has 0 saturated heterocycles. The number of rotatable bonds is 17. The van der Waals surface area contributed by atoms with Gasteiger partial charge in [0.05, 0.1) is 10.5 Å². The molecule has 2 atom stereocenters. The van der Waals surface area contributed by atoms with E-state index in [9.17, 15) is 9.59 Å². The molecule has 6 heteroatoms. The number of nitrogens with two attached hydrogens (primary N) is 2. The lowest BCUT2D eigenvalue weighted by atomic mass is 10.1. The molecule has 2 amide bonds. The van der Waals surface area contributed by atoms with E-state index in [0.29, 0.717) is 0 Å². The van der Waals surface area contributed by atoms with Gasteiger partial charge in [-0.2, -0.15) is 0 Å². The number of hydrogen-bond acceptors (Lipinski definition) is 4. The van der Waals surface area contributed by atoms with Crippen LogP contribution in [-0.4, -0.2) is 22.3 Å². The molecule has 0 spiro atoms. The molecule has 0 aliphatic carbocycles. The summed E-state index contributed by atoms with van der Waals surface area (Å²) in [6.07, 6.45) is 13.2. The second kappa shape index (κ2) is 16.1. The van der Waals surface area contributed by atoms with Crippen molar-refractivity contribution >= 4 is 33.4 Å². The molecular formula is C18H36N2O2S2. The summed E-state index contributed by atoms with van der Waals surface area (Å²) < 4.78 is 0. The number of carbonyl (C=O) groups is 2. The van der Waals surface area contributed by atoms with Crippen molar-refractivity contribution in [1.82, 2.24) is 0 Å². The van der Waals surface area contributed by atoms with E-state index in [1.807, 2.05) is 0 Å². The van der Waals surface area contributed by atoms with Crippen molar-refractivity contribution < 1.29 is 9.59 Å². The Hall–Kier alpha value is -0.360. The zero-order valence-electron chi connectivity index (χ0n) is 15.4. The van der Waals surface area contributed by atoms with Crippen molar-refractivity contribution in [3.8, 4) is 0 Å². The zero-order chi connectivity index (χ0) is 18.2. The summed E-state index contributed by atoms with van der Waals surface area (Å²) in [5.74, 6) is -0.566. The third-order valence-corrected chi connectivity index (χ3v) is 7.30. The zero-order valence-corrected chi connectivity index (χ0v) is 17.1. The van der Waals surface area contributed by atoms with Crippen molar-refractivity contribution in [3.63, 3.8) is 0 Å². The van der Waals surface area contributed by atoms with Crippen LogP contribution < -0.4 is 11.5 Å². The third-order valence-electron chi connectivity index (χ3n) is 4.06. The summed E-state index contributed by atoms with van der Waals surface area (Å²) in [6.45, 7) is 4.37.